The van der Waals surface area contributed by atoms with Crippen LogP contribution < -0.4 is 0 Å². The molecular formula is C6H8FN. The van der Waals surface area contributed by atoms with Gasteiger partial charge in [0.1, 0.15) is 0 Å². The fourth-order valence-electron chi connectivity index (χ4n) is 0.650. The second kappa shape index (κ2) is 2.07. The molecule has 0 spiro atoms. The van der Waals surface area contributed by atoms with Gasteiger partial charge < -0.3 is 0 Å². The number of rotatable bonds is 0. The van der Waals surface area contributed by atoms with Crippen molar-refractivity contribution in [3.8, 4) is 0 Å². The molecule has 0 saturated carbocycles. The third kappa shape index (κ3) is 1.15. The van der Waals surface area contributed by atoms with E-state index < -0.39 is 6.30 Å². The first-order valence-corrected chi connectivity index (χ1v) is 2.62. The Hall–Kier alpha value is -0.660. The van der Waals surface area contributed by atoms with Crippen molar-refractivity contribution in [3.05, 3.63) is 11.6 Å². The smallest absolute Gasteiger partial charge is 0.193 e. The van der Waals surface area contributed by atoms with Crippen LogP contribution in [0.5, 0.6) is 0 Å². The zero-order chi connectivity index (χ0) is 5.98. The lowest BCUT2D eigenvalue weighted by atomic mass is 10.2. The SMILES string of the molecule is CC1=CC=NC(F)C1. The third-order valence-corrected chi connectivity index (χ3v) is 1.10. The first kappa shape index (κ1) is 5.48. The molecule has 0 aromatic carbocycles. The molecule has 1 heterocycles. The summed E-state index contributed by atoms with van der Waals surface area (Å²) in [4.78, 5) is 3.51. The van der Waals surface area contributed by atoms with Crippen molar-refractivity contribution in [2.75, 3.05) is 0 Å². The van der Waals surface area contributed by atoms with Gasteiger partial charge in [-0.1, -0.05) is 5.57 Å². The van der Waals surface area contributed by atoms with Crippen LogP contribution in [0, 0.1) is 0 Å². The van der Waals surface area contributed by atoms with Gasteiger partial charge in [0.15, 0.2) is 6.30 Å². The first-order valence-electron chi connectivity index (χ1n) is 2.62. The van der Waals surface area contributed by atoms with E-state index in [9.17, 15) is 4.39 Å². The lowest BCUT2D eigenvalue weighted by molar-refractivity contribution is 0.344. The molecule has 0 aromatic heterocycles. The molecule has 1 atom stereocenters. The molecule has 8 heavy (non-hydrogen) atoms. The Bertz CT molecular complexity index is 137. The Morgan fingerprint density at radius 2 is 2.62 bits per heavy atom. The highest BCUT2D eigenvalue weighted by Crippen LogP contribution is 2.11. The van der Waals surface area contributed by atoms with E-state index in [0.717, 1.165) is 5.57 Å². The number of alkyl halides is 1. The summed E-state index contributed by atoms with van der Waals surface area (Å²) in [5, 5.41) is 0. The number of allylic oxidation sites excluding steroid dienone is 1. The van der Waals surface area contributed by atoms with E-state index in [1.54, 1.807) is 0 Å². The van der Waals surface area contributed by atoms with Gasteiger partial charge in [-0.2, -0.15) is 0 Å². The van der Waals surface area contributed by atoms with Gasteiger partial charge in [-0.05, 0) is 13.0 Å². The molecule has 1 aliphatic rings. The van der Waals surface area contributed by atoms with Gasteiger partial charge in [0.05, 0.1) is 0 Å². The standard InChI is InChI=1S/C6H8FN/c1-5-2-3-8-6(7)4-5/h2-3,6H,4H2,1H3. The van der Waals surface area contributed by atoms with Crippen LogP contribution in [0.4, 0.5) is 4.39 Å². The van der Waals surface area contributed by atoms with Crippen LogP contribution in [0.25, 0.3) is 0 Å². The van der Waals surface area contributed by atoms with Crippen LogP contribution in [0.1, 0.15) is 13.3 Å². The zero-order valence-electron chi connectivity index (χ0n) is 4.76. The van der Waals surface area contributed by atoms with Gasteiger partial charge >= 0.3 is 0 Å². The molecule has 0 fully saturated rings. The largest absolute Gasteiger partial charge is 0.257 e. The maximum atomic E-state index is 12.2. The molecule has 0 amide bonds. The molecule has 0 bridgehead atoms. The predicted molar refractivity (Wildman–Crippen MR) is 31.8 cm³/mol. The number of aliphatic imine (C=N–C) groups is 1. The Balaban J connectivity index is 2.59. The summed E-state index contributed by atoms with van der Waals surface area (Å²) < 4.78 is 12.2. The molecule has 2 heteroatoms. The number of dihydropyridines is 1. The topological polar surface area (TPSA) is 12.4 Å². The number of hydrogen-bond donors (Lipinski definition) is 0. The van der Waals surface area contributed by atoms with Crippen LogP contribution in [0.3, 0.4) is 0 Å². The predicted octanol–water partition coefficient (Wildman–Crippen LogP) is 1.70. The van der Waals surface area contributed by atoms with Gasteiger partial charge in [-0.3, -0.25) is 4.99 Å². The summed E-state index contributed by atoms with van der Waals surface area (Å²) in [6.07, 6.45) is 2.83. The van der Waals surface area contributed by atoms with Gasteiger partial charge in [0.2, 0.25) is 0 Å². The average molecular weight is 113 g/mol. The molecule has 1 unspecified atom stereocenters. The summed E-state index contributed by atoms with van der Waals surface area (Å²) >= 11 is 0. The van der Waals surface area contributed by atoms with E-state index in [1.807, 2.05) is 13.0 Å². The summed E-state index contributed by atoms with van der Waals surface area (Å²) in [5.74, 6) is 0. The van der Waals surface area contributed by atoms with Gasteiger partial charge in [0.25, 0.3) is 0 Å². The third-order valence-electron chi connectivity index (χ3n) is 1.10. The van der Waals surface area contributed by atoms with E-state index >= 15 is 0 Å². The lowest BCUT2D eigenvalue weighted by Gasteiger charge is -2.05. The van der Waals surface area contributed by atoms with E-state index in [0.29, 0.717) is 6.42 Å². The highest BCUT2D eigenvalue weighted by molar-refractivity contribution is 5.73. The van der Waals surface area contributed by atoms with Crippen molar-refractivity contribution in [2.24, 2.45) is 4.99 Å². The minimum absolute atomic E-state index is 0.469. The van der Waals surface area contributed by atoms with E-state index in [1.165, 1.54) is 6.21 Å². The Morgan fingerprint density at radius 1 is 1.88 bits per heavy atom. The van der Waals surface area contributed by atoms with Gasteiger partial charge in [-0.25, -0.2) is 4.39 Å². The fourth-order valence-corrected chi connectivity index (χ4v) is 0.650. The number of nitrogens with zero attached hydrogens (tertiary/aromatic N) is 1. The van der Waals surface area contributed by atoms with Crippen molar-refractivity contribution in [3.63, 3.8) is 0 Å². The molecule has 1 rings (SSSR count). The molecule has 44 valence electrons. The fraction of sp³-hybridized carbons (Fsp3) is 0.500. The molecule has 0 radical (unpaired) electrons. The Morgan fingerprint density at radius 3 is 3.00 bits per heavy atom. The normalized spacial score (nSPS) is 27.8. The maximum Gasteiger partial charge on any atom is 0.193 e. The quantitative estimate of drug-likeness (QED) is 0.424. The van der Waals surface area contributed by atoms with E-state index in [-0.39, 0.29) is 0 Å². The molecule has 0 aromatic rings. The maximum absolute atomic E-state index is 12.2. The highest BCUT2D eigenvalue weighted by atomic mass is 19.1. The molecule has 0 aliphatic carbocycles. The summed E-state index contributed by atoms with van der Waals surface area (Å²) in [7, 11) is 0. The summed E-state index contributed by atoms with van der Waals surface area (Å²) in [6, 6.07) is 0. The molecule has 1 nitrogen and oxygen atoms in total. The van der Waals surface area contributed by atoms with Crippen molar-refractivity contribution < 1.29 is 4.39 Å². The van der Waals surface area contributed by atoms with E-state index in [2.05, 4.69) is 4.99 Å². The van der Waals surface area contributed by atoms with Crippen molar-refractivity contribution >= 4 is 6.21 Å². The van der Waals surface area contributed by atoms with Crippen molar-refractivity contribution in [1.82, 2.24) is 0 Å². The second-order valence-electron chi connectivity index (χ2n) is 1.95. The van der Waals surface area contributed by atoms with Crippen LogP contribution in [0.15, 0.2) is 16.6 Å². The first-order chi connectivity index (χ1) is 3.79. The Kier molecular flexibility index (Phi) is 1.42. The van der Waals surface area contributed by atoms with Gasteiger partial charge in [0, 0.05) is 12.6 Å². The van der Waals surface area contributed by atoms with E-state index in [4.69, 9.17) is 0 Å². The van der Waals surface area contributed by atoms with Crippen molar-refractivity contribution in [2.45, 2.75) is 19.6 Å². The number of halogens is 1. The van der Waals surface area contributed by atoms with Crippen LogP contribution in [-0.2, 0) is 0 Å². The monoisotopic (exact) mass is 113 g/mol. The minimum Gasteiger partial charge on any atom is -0.257 e. The van der Waals surface area contributed by atoms with Gasteiger partial charge in [-0.15, -0.1) is 0 Å². The van der Waals surface area contributed by atoms with Crippen LogP contribution >= 0.6 is 0 Å². The Labute approximate surface area is 47.9 Å². The number of hydrogen-bond acceptors (Lipinski definition) is 1. The summed E-state index contributed by atoms with van der Waals surface area (Å²) in [6.45, 7) is 1.90. The van der Waals surface area contributed by atoms with Crippen LogP contribution in [0.2, 0.25) is 0 Å². The highest BCUT2D eigenvalue weighted by Gasteiger charge is 2.05. The van der Waals surface area contributed by atoms with Crippen molar-refractivity contribution in [1.29, 1.82) is 0 Å². The zero-order valence-corrected chi connectivity index (χ0v) is 4.76. The second-order valence-corrected chi connectivity index (χ2v) is 1.95. The minimum atomic E-state index is -0.986. The molecular weight excluding hydrogens is 105 g/mol. The molecule has 0 N–H and O–H groups in total. The lowest BCUT2D eigenvalue weighted by Crippen LogP contribution is -2.00. The van der Waals surface area contributed by atoms with Crippen LogP contribution in [-0.4, -0.2) is 12.5 Å². The summed E-state index contributed by atoms with van der Waals surface area (Å²) in [5.41, 5.74) is 1.06. The molecule has 1 aliphatic heterocycles. The average Bonchev–Trinajstić information content (AvgIpc) is 1.64. The molecule has 0 saturated heterocycles.